The van der Waals surface area contributed by atoms with Crippen molar-refractivity contribution in [3.8, 4) is 0 Å². The Balaban J connectivity index is 1.30. The number of benzene rings is 2. The summed E-state index contributed by atoms with van der Waals surface area (Å²) in [6.07, 6.45) is 5.70. The second kappa shape index (κ2) is 15.1. The van der Waals surface area contributed by atoms with Crippen molar-refractivity contribution in [2.75, 3.05) is 23.9 Å². The molecule has 1 saturated carbocycles. The fourth-order valence-corrected chi connectivity index (χ4v) is 5.95. The minimum absolute atomic E-state index is 0.0111. The molecule has 4 aromatic rings. The quantitative estimate of drug-likeness (QED) is 0.115. The van der Waals surface area contributed by atoms with Crippen LogP contribution in [0.5, 0.6) is 0 Å². The molecule has 1 fully saturated rings. The first-order chi connectivity index (χ1) is 22.6. The van der Waals surface area contributed by atoms with Gasteiger partial charge >= 0.3 is 12.1 Å². The van der Waals surface area contributed by atoms with E-state index >= 15 is 0 Å². The van der Waals surface area contributed by atoms with Crippen LogP contribution in [0.4, 0.5) is 16.3 Å². The first kappa shape index (κ1) is 33.4. The molecule has 0 spiro atoms. The number of amidine groups is 1. The number of anilines is 2. The minimum atomic E-state index is -0.710. The van der Waals surface area contributed by atoms with Gasteiger partial charge in [0.1, 0.15) is 23.6 Å². The second-order valence-electron chi connectivity index (χ2n) is 11.4. The molecule has 2 aromatic heterocycles. The molecule has 2 aromatic carbocycles. The lowest BCUT2D eigenvalue weighted by molar-refractivity contribution is -0.140. The minimum Gasteiger partial charge on any atom is -0.469 e. The third kappa shape index (κ3) is 8.07. The number of halogens is 1. The highest BCUT2D eigenvalue weighted by Gasteiger charge is 2.23. The molecule has 0 saturated heterocycles. The molecule has 2 amide bonds. The van der Waals surface area contributed by atoms with E-state index in [4.69, 9.17) is 31.8 Å². The summed E-state index contributed by atoms with van der Waals surface area (Å²) in [6, 6.07) is 15.5. The Morgan fingerprint density at radius 2 is 1.91 bits per heavy atom. The van der Waals surface area contributed by atoms with E-state index in [0.29, 0.717) is 33.2 Å². The Hall–Kier alpha value is -4.97. The highest BCUT2D eigenvalue weighted by Crippen LogP contribution is 2.28. The number of hydrogen-bond acceptors (Lipinski definition) is 8. The van der Waals surface area contributed by atoms with Gasteiger partial charge in [-0.1, -0.05) is 24.1 Å². The van der Waals surface area contributed by atoms with Crippen molar-refractivity contribution in [2.45, 2.75) is 57.6 Å². The van der Waals surface area contributed by atoms with Crippen LogP contribution in [0.15, 0.2) is 65.8 Å². The van der Waals surface area contributed by atoms with E-state index in [1.165, 1.54) is 12.0 Å². The summed E-state index contributed by atoms with van der Waals surface area (Å²) in [6.45, 7) is 2.07. The van der Waals surface area contributed by atoms with E-state index in [-0.39, 0.29) is 36.9 Å². The van der Waals surface area contributed by atoms with E-state index in [1.54, 1.807) is 54.7 Å². The number of hydrogen-bond donors (Lipinski definition) is 2. The van der Waals surface area contributed by atoms with Gasteiger partial charge in [-0.3, -0.25) is 14.5 Å². The number of carbonyl (C=O) groups is 3. The maximum Gasteiger partial charge on any atom is 0.435 e. The number of nitrogens with two attached hydrogens (primary N) is 1. The molecule has 246 valence electrons. The summed E-state index contributed by atoms with van der Waals surface area (Å²) in [5.74, 6) is 0.407. The van der Waals surface area contributed by atoms with E-state index in [1.807, 2.05) is 24.6 Å². The highest BCUT2D eigenvalue weighted by molar-refractivity contribution is 6.34. The Morgan fingerprint density at radius 3 is 2.62 bits per heavy atom. The van der Waals surface area contributed by atoms with Crippen LogP contribution >= 0.6 is 11.6 Å². The van der Waals surface area contributed by atoms with Gasteiger partial charge in [0, 0.05) is 36.6 Å². The monoisotopic (exact) mass is 659 g/mol. The van der Waals surface area contributed by atoms with Gasteiger partial charge in [-0.15, -0.1) is 0 Å². The Morgan fingerprint density at radius 1 is 1.13 bits per heavy atom. The molecule has 13 heteroatoms. The lowest BCUT2D eigenvalue weighted by Gasteiger charge is -2.21. The topological polar surface area (TPSA) is 154 Å². The summed E-state index contributed by atoms with van der Waals surface area (Å²) in [4.78, 5) is 52.3. The summed E-state index contributed by atoms with van der Waals surface area (Å²) in [5.41, 5.74) is 9.12. The van der Waals surface area contributed by atoms with Crippen LogP contribution in [-0.2, 0) is 21.3 Å². The summed E-state index contributed by atoms with van der Waals surface area (Å²) in [5, 5.41) is 3.73. The number of rotatable bonds is 10. The van der Waals surface area contributed by atoms with E-state index in [2.05, 4.69) is 15.3 Å². The molecule has 3 N–H and O–H groups in total. The number of pyridine rings is 1. The van der Waals surface area contributed by atoms with Crippen LogP contribution in [0.3, 0.4) is 0 Å². The van der Waals surface area contributed by atoms with Crippen LogP contribution < -0.4 is 16.0 Å². The van der Waals surface area contributed by atoms with Crippen molar-refractivity contribution in [2.24, 2.45) is 17.8 Å². The van der Waals surface area contributed by atoms with E-state index in [9.17, 15) is 14.4 Å². The first-order valence-electron chi connectivity index (χ1n) is 15.5. The van der Waals surface area contributed by atoms with Gasteiger partial charge < -0.3 is 25.1 Å². The zero-order chi connectivity index (χ0) is 33.5. The zero-order valence-electron chi connectivity index (χ0n) is 26.6. The zero-order valence-corrected chi connectivity index (χ0v) is 27.4. The van der Waals surface area contributed by atoms with Crippen LogP contribution in [0.25, 0.3) is 11.0 Å². The van der Waals surface area contributed by atoms with E-state index in [0.717, 1.165) is 43.4 Å². The number of carbonyl (C=O) groups excluding carboxylic acids is 3. The third-order valence-corrected chi connectivity index (χ3v) is 8.46. The van der Waals surface area contributed by atoms with Gasteiger partial charge in [0.15, 0.2) is 0 Å². The van der Waals surface area contributed by atoms with Crippen molar-refractivity contribution < 1.29 is 23.9 Å². The van der Waals surface area contributed by atoms with Gasteiger partial charge in [0.2, 0.25) is 0 Å². The van der Waals surface area contributed by atoms with Gasteiger partial charge in [-0.25, -0.2) is 14.8 Å². The molecule has 12 nitrogen and oxygen atoms in total. The molecular weight excluding hydrogens is 622 g/mol. The summed E-state index contributed by atoms with van der Waals surface area (Å²) in [7, 11) is 3.21. The number of fused-ring (bicyclic) bond motifs is 1. The number of aliphatic imine (C=N–C) groups is 1. The molecule has 1 aliphatic rings. The number of nitrogens with zero attached hydrogens (tertiary/aromatic N) is 5. The van der Waals surface area contributed by atoms with Gasteiger partial charge in [-0.05, 0) is 81.1 Å². The second-order valence-corrected chi connectivity index (χ2v) is 11.8. The fraction of sp³-hybridized carbons (Fsp3) is 0.353. The number of nitrogens with one attached hydrogen (secondary N) is 1. The van der Waals surface area contributed by atoms with Crippen LogP contribution in [0.1, 0.15) is 73.2 Å². The number of methoxy groups -OCH3 is 1. The average Bonchev–Trinajstić information content (AvgIpc) is 3.41. The molecule has 0 radical (unpaired) electrons. The Kier molecular flexibility index (Phi) is 10.7. The molecule has 1 unspecified atom stereocenters. The standard InChI is InChI=1S/C34H38ClN7O5/c1-21(38-23-13-14-25(26(35)20-23)31(36)40-34(45)47-24-9-5-4-6-10-24)32-39-27-19-22(12-15-28(27)41(32)2)33(44)42(18-16-30(43)46-3)29-11-7-8-17-37-29/h7-8,11-15,17,19-21,24,38H,4-6,9-10,16,18H2,1-3H3,(H2,36,40,45). The first-order valence-corrected chi connectivity index (χ1v) is 15.9. The van der Waals surface area contributed by atoms with Crippen molar-refractivity contribution in [3.63, 3.8) is 0 Å². The number of imidazole rings is 1. The molecular formula is C34H38ClN7O5. The van der Waals surface area contributed by atoms with Crippen LogP contribution in [0, 0.1) is 0 Å². The van der Waals surface area contributed by atoms with Crippen molar-refractivity contribution in [1.29, 1.82) is 0 Å². The number of esters is 1. The smallest absolute Gasteiger partial charge is 0.435 e. The average molecular weight is 660 g/mol. The maximum atomic E-state index is 13.6. The molecule has 1 atom stereocenters. The SMILES string of the molecule is COC(=O)CCN(C(=O)c1ccc2c(c1)nc(C(C)Nc1ccc(/C(N)=N\C(=O)OC3CCCCC3)c(Cl)c1)n2C)c1ccccn1. The normalized spacial score (nSPS) is 14.4. The summed E-state index contributed by atoms with van der Waals surface area (Å²) < 4.78 is 12.2. The molecule has 5 rings (SSSR count). The van der Waals surface area contributed by atoms with Crippen LogP contribution in [0.2, 0.25) is 5.02 Å². The number of amides is 2. The third-order valence-electron chi connectivity index (χ3n) is 8.15. The number of aromatic nitrogens is 3. The van der Waals surface area contributed by atoms with Gasteiger partial charge in [-0.2, -0.15) is 4.99 Å². The van der Waals surface area contributed by atoms with Crippen LogP contribution in [-0.4, -0.2) is 58.1 Å². The largest absolute Gasteiger partial charge is 0.469 e. The number of ether oxygens (including phenoxy) is 2. The molecule has 0 bridgehead atoms. The Labute approximate surface area is 277 Å². The van der Waals surface area contributed by atoms with Crippen molar-refractivity contribution >= 4 is 57.9 Å². The van der Waals surface area contributed by atoms with Crippen molar-refractivity contribution in [1.82, 2.24) is 14.5 Å². The molecule has 2 heterocycles. The Bertz CT molecular complexity index is 1790. The molecule has 0 aliphatic heterocycles. The number of aryl methyl sites for hydroxylation is 1. The van der Waals surface area contributed by atoms with Gasteiger partial charge in [0.05, 0.1) is 35.6 Å². The lowest BCUT2D eigenvalue weighted by Crippen LogP contribution is -2.33. The highest BCUT2D eigenvalue weighted by atomic mass is 35.5. The predicted octanol–water partition coefficient (Wildman–Crippen LogP) is 6.18. The molecule has 1 aliphatic carbocycles. The van der Waals surface area contributed by atoms with Crippen molar-refractivity contribution in [3.05, 3.63) is 82.8 Å². The summed E-state index contributed by atoms with van der Waals surface area (Å²) >= 11 is 6.55. The molecule has 47 heavy (non-hydrogen) atoms. The maximum absolute atomic E-state index is 13.6. The fourth-order valence-electron chi connectivity index (χ4n) is 5.67. The lowest BCUT2D eigenvalue weighted by atomic mass is 9.98. The van der Waals surface area contributed by atoms with Gasteiger partial charge in [0.25, 0.3) is 5.91 Å². The van der Waals surface area contributed by atoms with E-state index < -0.39 is 12.1 Å². The predicted molar refractivity (Wildman–Crippen MR) is 181 cm³/mol.